The van der Waals surface area contributed by atoms with Gasteiger partial charge >= 0.3 is 5.97 Å². The van der Waals surface area contributed by atoms with Crippen LogP contribution in [0.3, 0.4) is 0 Å². The van der Waals surface area contributed by atoms with E-state index in [1.165, 1.54) is 0 Å². The molecule has 2 aliphatic rings. The van der Waals surface area contributed by atoms with Gasteiger partial charge in [0, 0.05) is 5.69 Å². The van der Waals surface area contributed by atoms with Crippen LogP contribution in [0.2, 0.25) is 0 Å². The van der Waals surface area contributed by atoms with Gasteiger partial charge in [-0.15, -0.1) is 0 Å². The lowest BCUT2D eigenvalue weighted by Crippen LogP contribution is -2.38. The van der Waals surface area contributed by atoms with Crippen LogP contribution in [0, 0.1) is 11.8 Å². The molecule has 1 aromatic carbocycles. The van der Waals surface area contributed by atoms with E-state index in [4.69, 9.17) is 4.74 Å². The van der Waals surface area contributed by atoms with E-state index in [9.17, 15) is 19.2 Å². The number of ether oxygens (including phenoxy) is 1. The predicted molar refractivity (Wildman–Crippen MR) is 97.7 cm³/mol. The van der Waals surface area contributed by atoms with E-state index in [2.05, 4.69) is 5.32 Å². The highest BCUT2D eigenvalue weighted by Crippen LogP contribution is 2.34. The Morgan fingerprint density at radius 2 is 1.63 bits per heavy atom. The van der Waals surface area contributed by atoms with Gasteiger partial charge in [0.05, 0.1) is 23.5 Å². The number of amides is 3. The van der Waals surface area contributed by atoms with Gasteiger partial charge in [-0.1, -0.05) is 12.2 Å². The van der Waals surface area contributed by atoms with Gasteiger partial charge in [0.15, 0.2) is 0 Å². The molecule has 1 heterocycles. The summed E-state index contributed by atoms with van der Waals surface area (Å²) < 4.78 is 5.10. The van der Waals surface area contributed by atoms with Gasteiger partial charge in [-0.05, 0) is 51.0 Å². The van der Waals surface area contributed by atoms with Crippen molar-refractivity contribution in [2.75, 3.05) is 11.9 Å². The topological polar surface area (TPSA) is 92.8 Å². The predicted octanol–water partition coefficient (Wildman–Crippen LogP) is 2.14. The molecule has 1 aromatic rings. The van der Waals surface area contributed by atoms with Crippen molar-refractivity contribution in [2.24, 2.45) is 11.8 Å². The minimum atomic E-state index is -0.458. The van der Waals surface area contributed by atoms with Gasteiger partial charge in [0.25, 0.3) is 0 Å². The van der Waals surface area contributed by atoms with Crippen molar-refractivity contribution in [3.8, 4) is 0 Å². The molecule has 0 aromatic heterocycles. The van der Waals surface area contributed by atoms with Crippen LogP contribution < -0.4 is 5.32 Å². The molecule has 27 heavy (non-hydrogen) atoms. The number of benzene rings is 1. The van der Waals surface area contributed by atoms with Gasteiger partial charge in [0.2, 0.25) is 17.7 Å². The fraction of sp³-hybridized carbons (Fsp3) is 0.400. The molecule has 1 aliphatic carbocycles. The molecule has 142 valence electrons. The Labute approximate surface area is 157 Å². The van der Waals surface area contributed by atoms with E-state index in [0.29, 0.717) is 24.1 Å². The lowest BCUT2D eigenvalue weighted by atomic mass is 9.85. The van der Waals surface area contributed by atoms with Crippen molar-refractivity contribution < 1.29 is 23.9 Å². The lowest BCUT2D eigenvalue weighted by molar-refractivity contribution is -0.142. The van der Waals surface area contributed by atoms with Gasteiger partial charge in [-0.2, -0.15) is 0 Å². The Balaban J connectivity index is 1.59. The standard InChI is InChI=1S/C20H22N2O5/c1-12(2)27-20(26)13-7-9-14(10-8-13)21-17(23)11-22-18(24)15-5-3-4-6-16(15)19(22)25/h3-4,7-10,12,15-16H,5-6,11H2,1-2H3,(H,21,23)/t15-,16-/m1/s1. The number of carbonyl (C=O) groups is 4. The zero-order chi connectivity index (χ0) is 19.6. The zero-order valence-electron chi connectivity index (χ0n) is 15.3. The summed E-state index contributed by atoms with van der Waals surface area (Å²) in [5.74, 6) is -2.15. The number of hydrogen-bond donors (Lipinski definition) is 1. The highest BCUT2D eigenvalue weighted by Gasteiger charge is 2.47. The summed E-state index contributed by atoms with van der Waals surface area (Å²) in [5, 5.41) is 2.65. The van der Waals surface area contributed by atoms with Gasteiger partial charge in [-0.25, -0.2) is 4.79 Å². The number of nitrogens with one attached hydrogen (secondary N) is 1. The average molecular weight is 370 g/mol. The van der Waals surface area contributed by atoms with Crippen molar-refractivity contribution in [3.63, 3.8) is 0 Å². The number of fused-ring (bicyclic) bond motifs is 1. The third-order valence-electron chi connectivity index (χ3n) is 4.65. The molecule has 3 rings (SSSR count). The maximum Gasteiger partial charge on any atom is 0.338 e. The Kier molecular flexibility index (Phi) is 5.39. The summed E-state index contributed by atoms with van der Waals surface area (Å²) in [6, 6.07) is 6.25. The van der Waals surface area contributed by atoms with Crippen molar-refractivity contribution in [3.05, 3.63) is 42.0 Å². The largest absolute Gasteiger partial charge is 0.459 e. The highest BCUT2D eigenvalue weighted by atomic mass is 16.5. The molecule has 0 bridgehead atoms. The molecule has 1 saturated heterocycles. The molecule has 2 atom stereocenters. The Morgan fingerprint density at radius 3 is 2.15 bits per heavy atom. The number of esters is 1. The normalized spacial score (nSPS) is 21.4. The number of likely N-dealkylation sites (tertiary alicyclic amines) is 1. The summed E-state index contributed by atoms with van der Waals surface area (Å²) in [6.45, 7) is 3.22. The fourth-order valence-electron chi connectivity index (χ4n) is 3.34. The molecule has 1 N–H and O–H groups in total. The molecule has 0 radical (unpaired) electrons. The average Bonchev–Trinajstić information content (AvgIpc) is 2.87. The van der Waals surface area contributed by atoms with Crippen LogP contribution in [0.5, 0.6) is 0 Å². The zero-order valence-corrected chi connectivity index (χ0v) is 15.3. The van der Waals surface area contributed by atoms with E-state index in [1.54, 1.807) is 38.1 Å². The maximum atomic E-state index is 12.4. The monoisotopic (exact) mass is 370 g/mol. The quantitative estimate of drug-likeness (QED) is 0.487. The van der Waals surface area contributed by atoms with Crippen molar-refractivity contribution >= 4 is 29.4 Å². The molecule has 7 nitrogen and oxygen atoms in total. The van der Waals surface area contributed by atoms with Crippen LogP contribution in [0.25, 0.3) is 0 Å². The second-order valence-electron chi connectivity index (χ2n) is 7.00. The Bertz CT molecular complexity index is 771. The summed E-state index contributed by atoms with van der Waals surface area (Å²) in [5.41, 5.74) is 0.849. The van der Waals surface area contributed by atoms with E-state index in [1.807, 2.05) is 12.2 Å². The molecule has 1 fully saturated rings. The van der Waals surface area contributed by atoms with Gasteiger partial charge in [-0.3, -0.25) is 19.3 Å². The van der Waals surface area contributed by atoms with Crippen molar-refractivity contribution in [2.45, 2.75) is 32.8 Å². The van der Waals surface area contributed by atoms with Crippen LogP contribution in [0.1, 0.15) is 37.0 Å². The first-order valence-corrected chi connectivity index (χ1v) is 8.98. The molecule has 7 heteroatoms. The highest BCUT2D eigenvalue weighted by molar-refractivity contribution is 6.08. The number of rotatable bonds is 5. The number of carbonyl (C=O) groups excluding carboxylic acids is 4. The second-order valence-corrected chi connectivity index (χ2v) is 7.00. The number of allylic oxidation sites excluding steroid dienone is 2. The number of anilines is 1. The van der Waals surface area contributed by atoms with Crippen LogP contribution in [-0.4, -0.2) is 41.2 Å². The van der Waals surface area contributed by atoms with Crippen molar-refractivity contribution in [1.82, 2.24) is 4.90 Å². The Hall–Kier alpha value is -2.96. The summed E-state index contributed by atoms with van der Waals surface area (Å²) in [7, 11) is 0. The Morgan fingerprint density at radius 1 is 1.07 bits per heavy atom. The first kappa shape index (κ1) is 18.8. The van der Waals surface area contributed by atoms with E-state index < -0.39 is 11.9 Å². The number of hydrogen-bond acceptors (Lipinski definition) is 5. The summed E-state index contributed by atoms with van der Waals surface area (Å²) >= 11 is 0. The summed E-state index contributed by atoms with van der Waals surface area (Å²) in [4.78, 5) is 49.9. The molecular formula is C20H22N2O5. The van der Waals surface area contributed by atoms with E-state index >= 15 is 0 Å². The van der Waals surface area contributed by atoms with E-state index in [0.717, 1.165) is 4.90 Å². The minimum absolute atomic E-state index is 0.216. The first-order valence-electron chi connectivity index (χ1n) is 8.98. The SMILES string of the molecule is CC(C)OC(=O)c1ccc(NC(=O)CN2C(=O)[C@@H]3CC=CC[C@H]3C2=O)cc1. The van der Waals surface area contributed by atoms with Crippen LogP contribution in [0.15, 0.2) is 36.4 Å². The number of nitrogens with zero attached hydrogens (tertiary/aromatic N) is 1. The van der Waals surface area contributed by atoms with Gasteiger partial charge in [0.1, 0.15) is 6.54 Å². The van der Waals surface area contributed by atoms with Crippen LogP contribution in [0.4, 0.5) is 5.69 Å². The van der Waals surface area contributed by atoms with Crippen LogP contribution in [-0.2, 0) is 19.1 Å². The van der Waals surface area contributed by atoms with Crippen molar-refractivity contribution in [1.29, 1.82) is 0 Å². The maximum absolute atomic E-state index is 12.4. The third-order valence-corrected chi connectivity index (χ3v) is 4.65. The molecule has 1 aliphatic heterocycles. The summed E-state index contributed by atoms with van der Waals surface area (Å²) in [6.07, 6.45) is 4.68. The molecular weight excluding hydrogens is 348 g/mol. The second kappa shape index (κ2) is 7.73. The molecule has 3 amide bonds. The minimum Gasteiger partial charge on any atom is -0.459 e. The molecule has 0 unspecified atom stereocenters. The fourth-order valence-corrected chi connectivity index (χ4v) is 3.34. The smallest absolute Gasteiger partial charge is 0.338 e. The van der Waals surface area contributed by atoms with Gasteiger partial charge < -0.3 is 10.1 Å². The molecule has 0 spiro atoms. The first-order chi connectivity index (χ1) is 12.9. The van der Waals surface area contributed by atoms with E-state index in [-0.39, 0.29) is 36.3 Å². The molecule has 0 saturated carbocycles. The third kappa shape index (κ3) is 4.07. The lowest BCUT2D eigenvalue weighted by Gasteiger charge is -2.14. The van der Waals surface area contributed by atoms with Crippen LogP contribution >= 0.6 is 0 Å². The number of imide groups is 1.